The average Bonchev–Trinajstić information content (AvgIpc) is 3.39. The summed E-state index contributed by atoms with van der Waals surface area (Å²) in [4.78, 5) is 40.0. The van der Waals surface area contributed by atoms with E-state index in [4.69, 9.17) is 9.47 Å². The van der Waals surface area contributed by atoms with E-state index in [2.05, 4.69) is 0 Å². The molecule has 0 spiro atoms. The Bertz CT molecular complexity index is 855. The molecule has 168 valence electrons. The second kappa shape index (κ2) is 8.12. The maximum absolute atomic E-state index is 13.5. The highest BCUT2D eigenvalue weighted by molar-refractivity contribution is 5.95. The van der Waals surface area contributed by atoms with E-state index in [1.807, 2.05) is 30.3 Å². The van der Waals surface area contributed by atoms with Crippen LogP contribution < -0.4 is 0 Å². The number of carboxylic acid groups (broad SMARTS) is 1. The van der Waals surface area contributed by atoms with Gasteiger partial charge in [0.2, 0.25) is 5.91 Å². The van der Waals surface area contributed by atoms with Crippen LogP contribution in [0.1, 0.15) is 32.3 Å². The number of rotatable bonds is 6. The molecule has 1 aliphatic carbocycles. The zero-order valence-corrected chi connectivity index (χ0v) is 17.6. The molecule has 1 aromatic rings. The van der Waals surface area contributed by atoms with Crippen LogP contribution in [0.4, 0.5) is 9.59 Å². The van der Waals surface area contributed by atoms with Crippen LogP contribution in [0.5, 0.6) is 0 Å². The number of benzene rings is 1. The third-order valence-electron chi connectivity index (χ3n) is 6.42. The van der Waals surface area contributed by atoms with Crippen LogP contribution in [-0.2, 0) is 20.7 Å². The fraction of sp³-hybridized carbons (Fsp3) is 0.591. The summed E-state index contributed by atoms with van der Waals surface area (Å²) in [5.74, 6) is -1.51. The lowest BCUT2D eigenvalue weighted by molar-refractivity contribution is -0.140. The average molecular weight is 432 g/mol. The maximum Gasteiger partial charge on any atom is 0.416 e. The molecular weight excluding hydrogens is 404 g/mol. The summed E-state index contributed by atoms with van der Waals surface area (Å²) in [6, 6.07) is 8.14. The standard InChI is InChI=1S/C22H28N2O7/c1-22(2)24(20(27)28)16(12-31-22)18(25)17(14-8-9-14)19(26)23-15(11-30-21(23)29)10-13-6-4-3-5-7-13/h3-7,14-18,25H,8-12H2,1-2H3,(H,27,28)/t15-,16-,17-,18+/m1/s1. The number of carbonyl (C=O) groups is 3. The van der Waals surface area contributed by atoms with E-state index < -0.39 is 47.9 Å². The lowest BCUT2D eigenvalue weighted by Crippen LogP contribution is -2.56. The fourth-order valence-electron chi connectivity index (χ4n) is 4.71. The molecule has 2 N–H and O–H groups in total. The SMILES string of the molecule is CC1(C)OC[C@H]([C@H](O)[C@H](C(=O)N2C(=O)OC[C@H]2Cc2ccccc2)C2CC2)N1C(=O)O. The van der Waals surface area contributed by atoms with Crippen molar-refractivity contribution in [3.05, 3.63) is 35.9 Å². The number of cyclic esters (lactones) is 1. The number of hydrogen-bond donors (Lipinski definition) is 2. The first-order chi connectivity index (χ1) is 14.7. The van der Waals surface area contributed by atoms with Crippen molar-refractivity contribution in [2.75, 3.05) is 13.2 Å². The minimum absolute atomic E-state index is 0.0190. The Morgan fingerprint density at radius 2 is 1.87 bits per heavy atom. The van der Waals surface area contributed by atoms with Gasteiger partial charge < -0.3 is 19.7 Å². The number of aliphatic hydroxyl groups excluding tert-OH is 1. The molecule has 3 aliphatic rings. The van der Waals surface area contributed by atoms with E-state index in [0.29, 0.717) is 6.42 Å². The molecule has 0 unspecified atom stereocenters. The molecule has 0 aromatic heterocycles. The zero-order valence-electron chi connectivity index (χ0n) is 17.6. The van der Waals surface area contributed by atoms with Gasteiger partial charge in [-0.25, -0.2) is 14.5 Å². The number of carbonyl (C=O) groups excluding carboxylic acids is 2. The molecule has 2 aliphatic heterocycles. The summed E-state index contributed by atoms with van der Waals surface area (Å²) >= 11 is 0. The smallest absolute Gasteiger partial charge is 0.416 e. The monoisotopic (exact) mass is 432 g/mol. The van der Waals surface area contributed by atoms with Gasteiger partial charge >= 0.3 is 12.2 Å². The summed E-state index contributed by atoms with van der Waals surface area (Å²) in [5.41, 5.74) is -0.146. The van der Waals surface area contributed by atoms with Crippen molar-refractivity contribution in [1.82, 2.24) is 9.80 Å². The lowest BCUT2D eigenvalue weighted by atomic mass is 9.89. The van der Waals surface area contributed by atoms with Crippen LogP contribution in [0.2, 0.25) is 0 Å². The van der Waals surface area contributed by atoms with Gasteiger partial charge in [-0.05, 0) is 44.6 Å². The molecule has 9 heteroatoms. The Labute approximate surface area is 180 Å². The number of amides is 3. The maximum atomic E-state index is 13.5. The summed E-state index contributed by atoms with van der Waals surface area (Å²) < 4.78 is 10.8. The van der Waals surface area contributed by atoms with Gasteiger partial charge in [-0.2, -0.15) is 0 Å². The summed E-state index contributed by atoms with van der Waals surface area (Å²) in [7, 11) is 0. The predicted octanol–water partition coefficient (Wildman–Crippen LogP) is 2.08. The summed E-state index contributed by atoms with van der Waals surface area (Å²) in [6.45, 7) is 3.29. The molecule has 0 radical (unpaired) electrons. The summed E-state index contributed by atoms with van der Waals surface area (Å²) in [5, 5.41) is 20.8. The van der Waals surface area contributed by atoms with Crippen molar-refractivity contribution < 1.29 is 34.1 Å². The molecule has 3 amide bonds. The molecule has 2 saturated heterocycles. The van der Waals surface area contributed by atoms with Gasteiger partial charge in [0.05, 0.1) is 30.7 Å². The molecule has 4 rings (SSSR count). The van der Waals surface area contributed by atoms with Crippen LogP contribution in [0.15, 0.2) is 30.3 Å². The molecule has 0 bridgehead atoms. The highest BCUT2D eigenvalue weighted by Crippen LogP contribution is 2.43. The van der Waals surface area contributed by atoms with Crippen LogP contribution in [0.3, 0.4) is 0 Å². The Morgan fingerprint density at radius 1 is 1.19 bits per heavy atom. The number of aliphatic hydroxyl groups is 1. The van der Waals surface area contributed by atoms with Crippen LogP contribution in [0.25, 0.3) is 0 Å². The van der Waals surface area contributed by atoms with Crippen LogP contribution in [0, 0.1) is 11.8 Å². The van der Waals surface area contributed by atoms with E-state index in [0.717, 1.165) is 28.2 Å². The number of hydrogen-bond acceptors (Lipinski definition) is 6. The van der Waals surface area contributed by atoms with Gasteiger partial charge in [-0.3, -0.25) is 9.69 Å². The number of nitrogens with zero attached hydrogens (tertiary/aromatic N) is 2. The summed E-state index contributed by atoms with van der Waals surface area (Å²) in [6.07, 6.45) is -1.30. The van der Waals surface area contributed by atoms with E-state index in [9.17, 15) is 24.6 Å². The normalized spacial score (nSPS) is 27.1. The van der Waals surface area contributed by atoms with Crippen LogP contribution in [-0.4, -0.2) is 75.2 Å². The van der Waals surface area contributed by atoms with E-state index in [1.165, 1.54) is 0 Å². The van der Waals surface area contributed by atoms with Gasteiger partial charge in [0.15, 0.2) is 0 Å². The molecule has 31 heavy (non-hydrogen) atoms. The van der Waals surface area contributed by atoms with E-state index in [-0.39, 0.29) is 19.1 Å². The van der Waals surface area contributed by atoms with Crippen molar-refractivity contribution >= 4 is 18.1 Å². The Balaban J connectivity index is 1.57. The Kier molecular flexibility index (Phi) is 5.65. The van der Waals surface area contributed by atoms with Gasteiger partial charge in [0, 0.05) is 0 Å². The first-order valence-electron chi connectivity index (χ1n) is 10.6. The van der Waals surface area contributed by atoms with Crippen molar-refractivity contribution in [2.45, 2.75) is 57.0 Å². The fourth-order valence-corrected chi connectivity index (χ4v) is 4.71. The van der Waals surface area contributed by atoms with Crippen molar-refractivity contribution in [2.24, 2.45) is 11.8 Å². The molecule has 1 aromatic carbocycles. The third kappa shape index (κ3) is 4.12. The van der Waals surface area contributed by atoms with Crippen molar-refractivity contribution in [3.63, 3.8) is 0 Å². The molecule has 4 atom stereocenters. The second-order valence-corrected chi connectivity index (χ2v) is 8.96. The number of imide groups is 1. The largest absolute Gasteiger partial charge is 0.465 e. The third-order valence-corrected chi connectivity index (χ3v) is 6.42. The molecule has 2 heterocycles. The molecule has 1 saturated carbocycles. The quantitative estimate of drug-likeness (QED) is 0.707. The topological polar surface area (TPSA) is 117 Å². The predicted molar refractivity (Wildman–Crippen MR) is 108 cm³/mol. The lowest BCUT2D eigenvalue weighted by Gasteiger charge is -2.36. The molecule has 9 nitrogen and oxygen atoms in total. The zero-order chi connectivity index (χ0) is 22.3. The highest BCUT2D eigenvalue weighted by atomic mass is 16.6. The first-order valence-corrected chi connectivity index (χ1v) is 10.6. The molecule has 3 fully saturated rings. The van der Waals surface area contributed by atoms with Gasteiger partial charge in [0.25, 0.3) is 0 Å². The first kappa shape index (κ1) is 21.6. The minimum Gasteiger partial charge on any atom is -0.465 e. The van der Waals surface area contributed by atoms with Gasteiger partial charge in [0.1, 0.15) is 12.3 Å². The van der Waals surface area contributed by atoms with E-state index in [1.54, 1.807) is 13.8 Å². The van der Waals surface area contributed by atoms with Crippen LogP contribution >= 0.6 is 0 Å². The van der Waals surface area contributed by atoms with Gasteiger partial charge in [-0.1, -0.05) is 30.3 Å². The minimum atomic E-state index is -1.29. The highest BCUT2D eigenvalue weighted by Gasteiger charge is 2.54. The van der Waals surface area contributed by atoms with Gasteiger partial charge in [-0.15, -0.1) is 0 Å². The second-order valence-electron chi connectivity index (χ2n) is 8.96. The Hall–Kier alpha value is -2.65. The van der Waals surface area contributed by atoms with E-state index >= 15 is 0 Å². The Morgan fingerprint density at radius 3 is 2.48 bits per heavy atom. The van der Waals surface area contributed by atoms with Crippen molar-refractivity contribution in [3.8, 4) is 0 Å². The van der Waals surface area contributed by atoms with Crippen molar-refractivity contribution in [1.29, 1.82) is 0 Å². The number of ether oxygens (including phenoxy) is 2. The molecular formula is C22H28N2O7.